The Morgan fingerprint density at radius 2 is 1.33 bits per heavy atom. The molecule has 0 spiro atoms. The molecule has 5 heteroatoms. The number of hydrogen-bond acceptors (Lipinski definition) is 4. The summed E-state index contributed by atoms with van der Waals surface area (Å²) in [6, 6.07) is 9.92. The maximum atomic E-state index is 8.52. The second-order valence-corrected chi connectivity index (χ2v) is 4.10. The van der Waals surface area contributed by atoms with Crippen molar-refractivity contribution in [1.82, 2.24) is 0 Å². The first-order chi connectivity index (χ1) is 6.93. The molecule has 18 heavy (non-hydrogen) atoms. The molecule has 0 aliphatic heterocycles. The molecule has 1 N–H and O–H groups in total. The van der Waals surface area contributed by atoms with Crippen molar-refractivity contribution < 1.29 is 26.0 Å². The zero-order valence-electron chi connectivity index (χ0n) is 11.0. The van der Waals surface area contributed by atoms with Crippen LogP contribution in [0.3, 0.4) is 0 Å². The van der Waals surface area contributed by atoms with Gasteiger partial charge >= 0.3 is 60.2 Å². The molecule has 0 aliphatic carbocycles. The first kappa shape index (κ1) is 30.4. The van der Waals surface area contributed by atoms with Gasteiger partial charge in [0.15, 0.2) is 0 Å². The van der Waals surface area contributed by atoms with Crippen LogP contribution < -0.4 is 0 Å². The van der Waals surface area contributed by atoms with Crippen molar-refractivity contribution in [2.45, 2.75) is 33.8 Å². The predicted octanol–water partition coefficient (Wildman–Crippen LogP) is 4.43. The van der Waals surface area contributed by atoms with Crippen LogP contribution in [0, 0.1) is 24.8 Å². The third-order valence-electron chi connectivity index (χ3n) is 0.872. The molecular weight excluding hydrogens is 311 g/mol. The van der Waals surface area contributed by atoms with Gasteiger partial charge in [-0.15, -0.1) is 0 Å². The summed E-state index contributed by atoms with van der Waals surface area (Å²) in [5.74, 6) is 0. The Bertz CT molecular complexity index is 255. The number of aliphatic hydroxyl groups is 1. The molecule has 1 aromatic rings. The summed E-state index contributed by atoms with van der Waals surface area (Å²) < 4.78 is 4.02. The number of benzene rings is 1. The van der Waals surface area contributed by atoms with Crippen LogP contribution in [0.5, 0.6) is 0 Å². The molecule has 0 radical (unpaired) electrons. The monoisotopic (exact) mass is 336 g/mol. The first-order valence-electron chi connectivity index (χ1n) is 4.22. The van der Waals surface area contributed by atoms with Gasteiger partial charge in [0.25, 0.3) is 0 Å². The normalized spacial score (nSPS) is 7.28. The molecule has 0 saturated heterocycles. The second-order valence-electron chi connectivity index (χ2n) is 3.61. The standard InChI is InChI=1S/C6H5N.C4H10O.CH4.2CH3.Nb.O2/c7-6-4-2-1-3-5-6;1-4(2,3)5;;;;;1-2/h1-5H;5H,1-3H3;1H4;2*1H3;;/q;;;2*-1;;. The van der Waals surface area contributed by atoms with E-state index in [1.54, 1.807) is 20.8 Å². The third kappa shape index (κ3) is 36.2. The number of rotatable bonds is 1. The maximum absolute atomic E-state index is 8.52. The van der Waals surface area contributed by atoms with E-state index in [9.17, 15) is 0 Å². The molecule has 0 heterocycles. The van der Waals surface area contributed by atoms with Crippen LogP contribution in [0.15, 0.2) is 33.7 Å². The number of nitrogens with zero attached hydrogens (tertiary/aromatic N) is 1. The summed E-state index contributed by atoms with van der Waals surface area (Å²) in [5.41, 5.74) is 0.557. The van der Waals surface area contributed by atoms with Gasteiger partial charge in [-0.2, -0.15) is 0 Å². The van der Waals surface area contributed by atoms with Gasteiger partial charge in [0.05, 0.1) is 5.60 Å². The third-order valence-corrected chi connectivity index (χ3v) is 1.44. The molecule has 0 unspecified atom stereocenters. The summed E-state index contributed by atoms with van der Waals surface area (Å²) in [4.78, 5) is 14.0. The summed E-state index contributed by atoms with van der Waals surface area (Å²) in [6.07, 6.45) is 0. The van der Waals surface area contributed by atoms with E-state index >= 15 is 0 Å². The van der Waals surface area contributed by atoms with Crippen LogP contribution in [0.25, 0.3) is 0 Å². The Balaban J connectivity index is -0.0000000507. The van der Waals surface area contributed by atoms with Gasteiger partial charge in [-0.3, -0.25) is 0 Å². The average molecular weight is 336 g/mol. The predicted molar refractivity (Wildman–Crippen MR) is 76.8 cm³/mol. The summed E-state index contributed by atoms with van der Waals surface area (Å²) in [5, 5.41) is 8.52. The van der Waals surface area contributed by atoms with Crippen LogP contribution in [-0.2, 0) is 20.9 Å². The van der Waals surface area contributed by atoms with Gasteiger partial charge < -0.3 is 20.0 Å². The minimum atomic E-state index is -0.500. The Hall–Kier alpha value is -0.680. The van der Waals surface area contributed by atoms with Crippen molar-refractivity contribution in [3.8, 4) is 0 Å². The van der Waals surface area contributed by atoms with Gasteiger partial charge in [0, 0.05) is 9.93 Å². The van der Waals surface area contributed by atoms with Crippen molar-refractivity contribution in [3.63, 3.8) is 0 Å². The molecule has 0 fully saturated rings. The van der Waals surface area contributed by atoms with Gasteiger partial charge in [0.1, 0.15) is 0 Å². The van der Waals surface area contributed by atoms with Gasteiger partial charge in [-0.05, 0) is 20.8 Å². The summed E-state index contributed by atoms with van der Waals surface area (Å²) in [7, 11) is 0. The number of hydrogen-bond donors (Lipinski definition) is 1. The van der Waals surface area contributed by atoms with Crippen molar-refractivity contribution in [3.05, 3.63) is 55.1 Å². The molecule has 0 bridgehead atoms. The molecule has 0 aliphatic rings. The van der Waals surface area contributed by atoms with E-state index in [4.69, 9.17) is 15.0 Å². The van der Waals surface area contributed by atoms with Crippen LogP contribution >= 0.6 is 0 Å². The quantitative estimate of drug-likeness (QED) is 0.609. The van der Waals surface area contributed by atoms with Crippen LogP contribution in [-0.4, -0.2) is 10.7 Å². The molecular formula is C13H25NNbO3-2. The van der Waals surface area contributed by atoms with Crippen LogP contribution in [0.4, 0.5) is 5.69 Å². The van der Waals surface area contributed by atoms with Gasteiger partial charge in [-0.1, -0.05) is 7.43 Å². The zero-order valence-corrected chi connectivity index (χ0v) is 13.2. The minimum absolute atomic E-state index is 0. The van der Waals surface area contributed by atoms with Crippen molar-refractivity contribution >= 4 is 5.69 Å². The van der Waals surface area contributed by atoms with E-state index in [1.807, 2.05) is 30.3 Å². The van der Waals surface area contributed by atoms with E-state index in [0.29, 0.717) is 0 Å². The van der Waals surface area contributed by atoms with E-state index in [1.165, 1.54) is 20.9 Å². The van der Waals surface area contributed by atoms with E-state index < -0.39 is 5.60 Å². The molecule has 0 aromatic heterocycles. The van der Waals surface area contributed by atoms with Gasteiger partial charge in [0.2, 0.25) is 0 Å². The first-order valence-corrected chi connectivity index (χ1v) is 5.21. The fourth-order valence-electron chi connectivity index (χ4n) is 0.495. The Kier molecular flexibility index (Phi) is 31.5. The Morgan fingerprint density at radius 1 is 1.06 bits per heavy atom. The summed E-state index contributed by atoms with van der Waals surface area (Å²) in [6.45, 7) is 5.23. The Morgan fingerprint density at radius 3 is 1.50 bits per heavy atom. The molecule has 107 valence electrons. The van der Waals surface area contributed by atoms with Crippen molar-refractivity contribution in [1.29, 1.82) is 0 Å². The molecule has 0 atom stereocenters. The second kappa shape index (κ2) is 18.7. The fourth-order valence-corrected chi connectivity index (χ4v) is 0.822. The topological polar surface area (TPSA) is 66.7 Å². The zero-order chi connectivity index (χ0) is 12.3. The molecule has 1 aromatic carbocycles. The fraction of sp³-hybridized carbons (Fsp3) is 0.385. The van der Waals surface area contributed by atoms with E-state index in [0.717, 1.165) is 5.69 Å². The van der Waals surface area contributed by atoms with E-state index in [-0.39, 0.29) is 22.3 Å². The summed E-state index contributed by atoms with van der Waals surface area (Å²) >= 11 is 1.47. The van der Waals surface area contributed by atoms with Crippen molar-refractivity contribution in [2.75, 3.05) is 0 Å². The van der Waals surface area contributed by atoms with Gasteiger partial charge in [-0.25, -0.2) is 0 Å². The molecule has 0 saturated carbocycles. The Labute approximate surface area is 124 Å². The molecule has 4 nitrogen and oxygen atoms in total. The SMILES string of the molecule is C.CC(C)(C)O.O=O.[CH3-].[CH3-].[Nb]=[N]c1ccccc1. The molecule has 1 rings (SSSR count). The van der Waals surface area contributed by atoms with Crippen molar-refractivity contribution in [2.24, 2.45) is 3.34 Å². The average Bonchev–Trinajstić information content (AvgIpc) is 2.20. The van der Waals surface area contributed by atoms with Crippen LogP contribution in [0.1, 0.15) is 28.2 Å². The van der Waals surface area contributed by atoms with Crippen LogP contribution in [0.2, 0.25) is 0 Å². The molecule has 0 amide bonds. The van der Waals surface area contributed by atoms with E-state index in [2.05, 4.69) is 3.34 Å².